The van der Waals surface area contributed by atoms with Gasteiger partial charge in [-0.2, -0.15) is 0 Å². The Balaban J connectivity index is 1.68. The highest BCUT2D eigenvalue weighted by Gasteiger charge is 2.17. The van der Waals surface area contributed by atoms with Gasteiger partial charge in [0, 0.05) is 11.3 Å². The van der Waals surface area contributed by atoms with Crippen LogP contribution in [0.4, 0.5) is 5.69 Å². The fourth-order valence-electron chi connectivity index (χ4n) is 3.49. The normalized spacial score (nSPS) is 11.6. The summed E-state index contributed by atoms with van der Waals surface area (Å²) in [6.07, 6.45) is 0. The van der Waals surface area contributed by atoms with Crippen molar-refractivity contribution in [2.75, 3.05) is 5.32 Å². The lowest BCUT2D eigenvalue weighted by Crippen LogP contribution is -2.19. The number of aromatic nitrogens is 2. The molecule has 0 aliphatic carbocycles. The van der Waals surface area contributed by atoms with Gasteiger partial charge in [0.05, 0.1) is 21.1 Å². The number of hydrogen-bond donors (Lipinski definition) is 1. The topological polar surface area (TPSA) is 46.9 Å². The Kier molecular flexibility index (Phi) is 5.78. The molecule has 1 heterocycles. The van der Waals surface area contributed by atoms with E-state index in [4.69, 9.17) is 28.2 Å². The summed E-state index contributed by atoms with van der Waals surface area (Å²) in [6, 6.07) is 21.2. The van der Waals surface area contributed by atoms with Crippen molar-refractivity contribution in [3.05, 3.63) is 82.3 Å². The fraction of sp³-hybridized carbons (Fsp3) is 0.200. The van der Waals surface area contributed by atoms with Crippen LogP contribution in [0.15, 0.2) is 66.7 Å². The Hall–Kier alpha value is -2.82. The van der Waals surface area contributed by atoms with Crippen molar-refractivity contribution in [1.29, 1.82) is 0 Å². The molecule has 0 atom stereocenters. The summed E-state index contributed by atoms with van der Waals surface area (Å²) in [5, 5.41) is 3.73. The Morgan fingerprint density at radius 2 is 1.68 bits per heavy atom. The zero-order valence-corrected chi connectivity index (χ0v) is 19.1. The van der Waals surface area contributed by atoms with Gasteiger partial charge in [-0.05, 0) is 41.3 Å². The summed E-state index contributed by atoms with van der Waals surface area (Å²) in [5.74, 6) is 0.583. The van der Waals surface area contributed by atoms with Crippen LogP contribution in [0.3, 0.4) is 0 Å². The molecule has 0 saturated carbocycles. The first-order valence-corrected chi connectivity index (χ1v) is 10.8. The lowest BCUT2D eigenvalue weighted by molar-refractivity contribution is -0.116. The van der Waals surface area contributed by atoms with Gasteiger partial charge in [0.1, 0.15) is 12.4 Å². The molecular formula is C25H23Cl2N3O. The third-order valence-electron chi connectivity index (χ3n) is 5.17. The maximum absolute atomic E-state index is 12.9. The van der Waals surface area contributed by atoms with Gasteiger partial charge in [0.15, 0.2) is 0 Å². The monoisotopic (exact) mass is 451 g/mol. The summed E-state index contributed by atoms with van der Waals surface area (Å²) >= 11 is 12.0. The first-order valence-electron chi connectivity index (χ1n) is 10.0. The van der Waals surface area contributed by atoms with E-state index in [2.05, 4.69) is 50.4 Å². The summed E-state index contributed by atoms with van der Waals surface area (Å²) < 4.78 is 1.94. The summed E-state index contributed by atoms with van der Waals surface area (Å²) in [4.78, 5) is 17.7. The van der Waals surface area contributed by atoms with Gasteiger partial charge < -0.3 is 9.88 Å². The van der Waals surface area contributed by atoms with E-state index in [1.807, 2.05) is 28.8 Å². The maximum Gasteiger partial charge on any atom is 0.244 e. The Bertz CT molecular complexity index is 1250. The molecule has 0 radical (unpaired) electrons. The molecule has 6 heteroatoms. The number of carbonyl (C=O) groups excluding carboxylic acids is 1. The number of para-hydroxylation sites is 2. The van der Waals surface area contributed by atoms with Crippen LogP contribution in [0.5, 0.6) is 0 Å². The van der Waals surface area contributed by atoms with E-state index in [9.17, 15) is 4.79 Å². The van der Waals surface area contributed by atoms with Crippen LogP contribution in [-0.4, -0.2) is 15.5 Å². The molecule has 1 N–H and O–H groups in total. The molecule has 1 amide bonds. The van der Waals surface area contributed by atoms with E-state index in [-0.39, 0.29) is 17.9 Å². The number of hydrogen-bond acceptors (Lipinski definition) is 2. The molecule has 158 valence electrons. The molecule has 0 aliphatic rings. The van der Waals surface area contributed by atoms with Crippen molar-refractivity contribution in [2.45, 2.75) is 32.7 Å². The lowest BCUT2D eigenvalue weighted by atomic mass is 9.87. The Labute approximate surface area is 191 Å². The fourth-order valence-corrected chi connectivity index (χ4v) is 3.79. The van der Waals surface area contributed by atoms with Crippen molar-refractivity contribution < 1.29 is 4.79 Å². The van der Waals surface area contributed by atoms with Crippen LogP contribution in [0.2, 0.25) is 10.0 Å². The van der Waals surface area contributed by atoms with Crippen LogP contribution < -0.4 is 5.32 Å². The van der Waals surface area contributed by atoms with Gasteiger partial charge in [-0.15, -0.1) is 0 Å². The number of anilines is 1. The molecule has 3 aromatic carbocycles. The second-order valence-electron chi connectivity index (χ2n) is 8.51. The zero-order chi connectivity index (χ0) is 22.2. The number of amides is 1. The Morgan fingerprint density at radius 3 is 2.35 bits per heavy atom. The number of carbonyl (C=O) groups is 1. The third-order valence-corrected chi connectivity index (χ3v) is 5.91. The van der Waals surface area contributed by atoms with Gasteiger partial charge in [-0.1, -0.05) is 80.4 Å². The highest BCUT2D eigenvalue weighted by atomic mass is 35.5. The minimum atomic E-state index is -0.172. The summed E-state index contributed by atoms with van der Waals surface area (Å²) in [6.45, 7) is 6.68. The largest absolute Gasteiger partial charge is 0.324 e. The average molecular weight is 452 g/mol. The predicted molar refractivity (Wildman–Crippen MR) is 129 cm³/mol. The standard InChI is InChI=1S/C25H23Cl2N3O/c1-25(2,3)17-10-8-16(9-11-17)24-29-21-6-4-5-7-22(21)30(24)15-23(31)28-18-12-13-19(26)20(27)14-18/h4-14H,15H2,1-3H3,(H,28,31). The third kappa shape index (κ3) is 4.60. The SMILES string of the molecule is CC(C)(C)c1ccc(-c2nc3ccccc3n2CC(=O)Nc2ccc(Cl)c(Cl)c2)cc1. The highest BCUT2D eigenvalue weighted by Crippen LogP contribution is 2.29. The van der Waals surface area contributed by atoms with Gasteiger partial charge in [-0.3, -0.25) is 4.79 Å². The van der Waals surface area contributed by atoms with Crippen molar-refractivity contribution in [3.8, 4) is 11.4 Å². The second kappa shape index (κ2) is 8.37. The first kappa shape index (κ1) is 21.4. The minimum Gasteiger partial charge on any atom is -0.324 e. The molecule has 0 aliphatic heterocycles. The van der Waals surface area contributed by atoms with Crippen molar-refractivity contribution in [3.63, 3.8) is 0 Å². The number of nitrogens with one attached hydrogen (secondary N) is 1. The van der Waals surface area contributed by atoms with E-state index in [1.165, 1.54) is 5.56 Å². The van der Waals surface area contributed by atoms with Crippen LogP contribution in [0.25, 0.3) is 22.4 Å². The van der Waals surface area contributed by atoms with Gasteiger partial charge in [0.2, 0.25) is 5.91 Å². The van der Waals surface area contributed by atoms with Crippen LogP contribution in [-0.2, 0) is 16.8 Å². The molecule has 0 spiro atoms. The van der Waals surface area contributed by atoms with Gasteiger partial charge in [-0.25, -0.2) is 4.98 Å². The van der Waals surface area contributed by atoms with Crippen molar-refractivity contribution >= 4 is 45.8 Å². The van der Waals surface area contributed by atoms with E-state index in [0.29, 0.717) is 15.7 Å². The second-order valence-corrected chi connectivity index (χ2v) is 9.33. The van der Waals surface area contributed by atoms with Gasteiger partial charge >= 0.3 is 0 Å². The first-order chi connectivity index (χ1) is 14.7. The van der Waals surface area contributed by atoms with E-state index in [1.54, 1.807) is 18.2 Å². The summed E-state index contributed by atoms with van der Waals surface area (Å²) in [7, 11) is 0. The van der Waals surface area contributed by atoms with E-state index in [0.717, 1.165) is 22.4 Å². The molecule has 0 bridgehead atoms. The maximum atomic E-state index is 12.9. The van der Waals surface area contributed by atoms with Crippen LogP contribution in [0, 0.1) is 0 Å². The van der Waals surface area contributed by atoms with E-state index < -0.39 is 0 Å². The molecule has 1 aromatic heterocycles. The zero-order valence-electron chi connectivity index (χ0n) is 17.6. The predicted octanol–water partition coefficient (Wildman–Crippen LogP) is 6.95. The molecule has 0 saturated heterocycles. The van der Waals surface area contributed by atoms with Crippen LogP contribution in [0.1, 0.15) is 26.3 Å². The van der Waals surface area contributed by atoms with Crippen LogP contribution >= 0.6 is 23.2 Å². The summed E-state index contributed by atoms with van der Waals surface area (Å²) in [5.41, 5.74) is 4.63. The molecule has 4 nitrogen and oxygen atoms in total. The average Bonchev–Trinajstić information content (AvgIpc) is 3.08. The number of fused-ring (bicyclic) bond motifs is 1. The van der Waals surface area contributed by atoms with Crippen molar-refractivity contribution in [1.82, 2.24) is 9.55 Å². The van der Waals surface area contributed by atoms with Crippen molar-refractivity contribution in [2.24, 2.45) is 0 Å². The number of nitrogens with zero attached hydrogens (tertiary/aromatic N) is 2. The molecule has 31 heavy (non-hydrogen) atoms. The molecule has 4 rings (SSSR count). The lowest BCUT2D eigenvalue weighted by Gasteiger charge is -2.19. The smallest absolute Gasteiger partial charge is 0.244 e. The number of imidazole rings is 1. The minimum absolute atomic E-state index is 0.0679. The van der Waals surface area contributed by atoms with E-state index >= 15 is 0 Å². The highest BCUT2D eigenvalue weighted by molar-refractivity contribution is 6.42. The number of rotatable bonds is 4. The Morgan fingerprint density at radius 1 is 0.968 bits per heavy atom. The molecule has 4 aromatic rings. The molecule has 0 fully saturated rings. The quantitative estimate of drug-likeness (QED) is 0.364. The van der Waals surface area contributed by atoms with Gasteiger partial charge in [0.25, 0.3) is 0 Å². The molecular weight excluding hydrogens is 429 g/mol. The molecule has 0 unspecified atom stereocenters. The number of benzene rings is 3. The number of halogens is 2.